The molecule has 4 unspecified atom stereocenters. The maximum atomic E-state index is 12.5. The number of nitro benzene ring substituents is 3. The number of benzene rings is 6. The Kier molecular flexibility index (Phi) is 37.0. The first-order chi connectivity index (χ1) is 52.0. The van der Waals surface area contributed by atoms with Gasteiger partial charge in [0.2, 0.25) is 5.24 Å². The first kappa shape index (κ1) is 94.9. The third-order valence-corrected chi connectivity index (χ3v) is 23.5. The number of ketones is 3. The van der Waals surface area contributed by atoms with E-state index in [1.54, 1.807) is 44.2 Å². The van der Waals surface area contributed by atoms with Gasteiger partial charge in [0, 0.05) is 92.6 Å². The van der Waals surface area contributed by atoms with Gasteiger partial charge in [0.05, 0.1) is 71.4 Å². The van der Waals surface area contributed by atoms with E-state index in [4.69, 9.17) is 34.5 Å². The summed E-state index contributed by atoms with van der Waals surface area (Å²) in [5.41, 5.74) is 37.9. The number of fused-ring (bicyclic) bond motifs is 1. The molecule has 607 valence electrons. The van der Waals surface area contributed by atoms with E-state index >= 15 is 0 Å². The number of hydrogen-bond donors (Lipinski definition) is 5. The molecule has 6 aliphatic heterocycles. The quantitative estimate of drug-likeness (QED) is 0.0169. The number of nitrogen functional groups attached to an aromatic ring is 3. The van der Waals surface area contributed by atoms with Crippen LogP contribution in [0.25, 0.3) is 16.8 Å². The Morgan fingerprint density at radius 2 is 0.884 bits per heavy atom. The minimum Gasteiger partial charge on any atom is -0.693 e. The molecule has 0 bridgehead atoms. The molecule has 6 aliphatic rings. The molecule has 7 aromatic rings. The van der Waals surface area contributed by atoms with Crippen LogP contribution in [0, 0.1) is 123 Å². The van der Waals surface area contributed by atoms with Crippen LogP contribution in [0.2, 0.25) is 0 Å². The van der Waals surface area contributed by atoms with Crippen molar-refractivity contribution >= 4 is 101 Å². The number of H-pyrrole nitrogens is 2. The Bertz CT molecular complexity index is 4630. The molecule has 112 heavy (non-hydrogen) atoms. The van der Waals surface area contributed by atoms with Crippen LogP contribution >= 0.6 is 27.5 Å². The molecule has 0 saturated carbocycles. The molecule has 0 amide bonds. The molecule has 6 aromatic carbocycles. The molecule has 0 aliphatic carbocycles. The summed E-state index contributed by atoms with van der Waals surface area (Å²) in [5, 5.41) is 32.0. The van der Waals surface area contributed by atoms with Gasteiger partial charge in [0.25, 0.3) is 17.1 Å². The van der Waals surface area contributed by atoms with E-state index in [0.29, 0.717) is 44.6 Å². The Labute approximate surface area is 707 Å². The third-order valence-electron chi connectivity index (χ3n) is 22.2. The molecular weight excluding hydrogens is 1730 g/mol. The van der Waals surface area contributed by atoms with Gasteiger partial charge in [-0.1, -0.05) is 61.6 Å². The predicted molar refractivity (Wildman–Crippen MR) is 449 cm³/mol. The number of aromatic amines is 2. The normalized spacial score (nSPS) is 19.6. The van der Waals surface area contributed by atoms with Crippen LogP contribution in [-0.4, -0.2) is 195 Å². The Balaban J connectivity index is 0.000000280. The SMILES string of the molecule is C.CN1CCCC1C(=O)Cl.Cc1cc2[nH]c(=O)c(=O)[nH]c2c(C[C@H]2CCCN2C)c1C.Cc1ccc(N)c(N)c1CC1CCCN1C.Cc1ccc([N+](=O)[O-])c([NH-])c1C(=O)C1CCCN1C.Cc1cccc(N)c1C(=O)[C@H]1CCCN1C.Cc1cccc([N+](=O)[O-])c1Br.Cc1cccc([N+](=O)[O-])c1C(=O)C1CCCN1C.[Ac].[HH]. The van der Waals surface area contributed by atoms with Crippen molar-refractivity contribution in [3.05, 3.63) is 213 Å². The number of halogens is 2. The van der Waals surface area contributed by atoms with E-state index in [9.17, 15) is 59.1 Å². The number of Topliss-reactive ketones (excluding diaryl/α,β-unsaturated/α-hetero) is 3. The second-order valence-electron chi connectivity index (χ2n) is 29.7. The molecule has 7 heterocycles. The number of hydrogen-bond acceptors (Lipinski definition) is 21. The number of nitrogens with two attached hydrogens (primary N) is 3. The molecular formula is C82H114AcBrClN15O12-. The fraction of sp³-hybridized carbons (Fsp3) is 0.488. The first-order valence-electron chi connectivity index (χ1n) is 37.4. The van der Waals surface area contributed by atoms with E-state index in [2.05, 4.69) is 74.6 Å². The minimum atomic E-state index is -0.614. The molecule has 1 aromatic heterocycles. The van der Waals surface area contributed by atoms with Crippen LogP contribution in [0.1, 0.15) is 167 Å². The monoisotopic (exact) mass is 1840 g/mol. The summed E-state index contributed by atoms with van der Waals surface area (Å²) in [6.45, 7) is 19.5. The molecule has 13 rings (SSSR count). The molecule has 27 nitrogen and oxygen atoms in total. The minimum absolute atomic E-state index is 0. The molecule has 1 radical (unpaired) electrons. The first-order valence-corrected chi connectivity index (χ1v) is 38.5. The van der Waals surface area contributed by atoms with E-state index in [0.717, 1.165) is 136 Å². The van der Waals surface area contributed by atoms with Crippen molar-refractivity contribution in [3.8, 4) is 0 Å². The average Bonchev–Trinajstić information content (AvgIpc) is 1.70. The largest absolute Gasteiger partial charge is 0.693 e. The summed E-state index contributed by atoms with van der Waals surface area (Å²) in [4.78, 5) is 120. The van der Waals surface area contributed by atoms with E-state index in [1.807, 2.05) is 94.0 Å². The van der Waals surface area contributed by atoms with Crippen molar-refractivity contribution in [2.75, 3.05) is 98.8 Å². The summed E-state index contributed by atoms with van der Waals surface area (Å²) in [5.74, 6) is -0.124. The summed E-state index contributed by atoms with van der Waals surface area (Å²) >= 11 is 8.44. The number of nitrogens with one attached hydrogen (secondary N) is 3. The van der Waals surface area contributed by atoms with Crippen LogP contribution in [0.4, 0.5) is 39.8 Å². The number of carbonyl (C=O) groups excluding carboxylic acids is 4. The molecule has 6 saturated heterocycles. The van der Waals surface area contributed by atoms with Gasteiger partial charge in [0.1, 0.15) is 0 Å². The topological polar surface area (TPSA) is 385 Å². The Morgan fingerprint density at radius 3 is 1.31 bits per heavy atom. The van der Waals surface area contributed by atoms with Gasteiger partial charge in [-0.3, -0.25) is 78.7 Å². The van der Waals surface area contributed by atoms with Gasteiger partial charge in [-0.15, -0.1) is 0 Å². The molecule has 9 N–H and O–H groups in total. The molecule has 30 heteroatoms. The fourth-order valence-electron chi connectivity index (χ4n) is 15.4. The zero-order valence-corrected chi connectivity index (χ0v) is 73.3. The van der Waals surface area contributed by atoms with Gasteiger partial charge >= 0.3 is 11.1 Å². The molecule has 6 fully saturated rings. The van der Waals surface area contributed by atoms with Crippen molar-refractivity contribution in [3.63, 3.8) is 0 Å². The maximum absolute atomic E-state index is 12.5. The molecule has 0 spiro atoms. The zero-order valence-electron chi connectivity index (χ0n) is 66.2. The fourth-order valence-corrected chi connectivity index (χ4v) is 16.0. The summed E-state index contributed by atoms with van der Waals surface area (Å²) in [7, 11) is 12.0. The second kappa shape index (κ2) is 43.7. The van der Waals surface area contributed by atoms with Gasteiger partial charge in [-0.2, -0.15) is 0 Å². The molecule has 6 atom stereocenters. The van der Waals surface area contributed by atoms with Gasteiger partial charge in [0.15, 0.2) is 17.3 Å². The number of likely N-dealkylation sites (N-methyl/N-ethyl adjacent to an activating group) is 6. The van der Waals surface area contributed by atoms with Crippen molar-refractivity contribution < 1.29 is 79.4 Å². The number of aromatic nitrogens is 2. The van der Waals surface area contributed by atoms with Crippen LogP contribution in [0.5, 0.6) is 0 Å². The van der Waals surface area contributed by atoms with E-state index < -0.39 is 25.9 Å². The van der Waals surface area contributed by atoms with Crippen molar-refractivity contribution in [2.45, 2.75) is 182 Å². The standard InChI is InChI=1S/C16H21N3O2.C13H17N3O3.C13H21N3.C13H16N2O3.C13H18N2O.C7H6BrNO2.C6H10ClNO.CH4.Ac.H2/c1-9-7-13-14(18-16(21)15(20)17-13)12(10(9)2)8-11-5-4-6-19(11)3;1-8-5-6-9(16(18)19)12(14)11(8)13(17)10-4-3-7-15(10)2;1-9-5-6-12(14)13(15)11(9)8-10-4-3-7-16(10)2;1-9-5-3-6-10(15(17)18)12(9)13(16)11-7-4-8-14(11)2;1-9-5-3-6-10(14)12(9)13(16)11-7-4-8-15(11)2;1-5-3-2-4-6(7(5)8)9(10)11;1-8-4-2-3-5(8)6(7)9;;;/h7,11H,4-6,8H2,1-3H3,(H,17,20)(H,18,21);5-6,10H,3-4,7H2,1-2H3,(H2,14,17);5-6,10H,3-4,7-8,14-15H2,1-2H3;3,5-6,11H,4,7-8H2,1-2H3;3,5-6,11H,4,7-8,14H2,1-2H3;2-4H,1H3;5H,2-4H2,1H3;1H4;;1H/p-1/t11-;;;;11-;;;;;/m1...1...../s1. The van der Waals surface area contributed by atoms with Crippen LogP contribution in [0.15, 0.2) is 99.0 Å². The maximum Gasteiger partial charge on any atom is 0.314 e. The van der Waals surface area contributed by atoms with Crippen LogP contribution in [0.3, 0.4) is 0 Å². The number of nitro groups is 3. The smallest absolute Gasteiger partial charge is 0.314 e. The third kappa shape index (κ3) is 24.2. The number of anilines is 3. The van der Waals surface area contributed by atoms with Gasteiger partial charge < -0.3 is 42.7 Å². The second-order valence-corrected chi connectivity index (χ2v) is 30.9. The number of nitrogens with zero attached hydrogens (tertiary/aromatic N) is 9. The number of carbonyl (C=O) groups is 4. The number of aryl methyl sites for hydroxylation is 6. The zero-order chi connectivity index (χ0) is 81.3. The summed E-state index contributed by atoms with van der Waals surface area (Å²) in [6, 6.07) is 24.7. The summed E-state index contributed by atoms with van der Waals surface area (Å²) in [6.07, 6.45) is 14.4. The van der Waals surface area contributed by atoms with Crippen LogP contribution in [-0.2, 0) is 17.6 Å². The van der Waals surface area contributed by atoms with Crippen molar-refractivity contribution in [1.82, 2.24) is 39.4 Å². The number of likely N-dealkylation sites (tertiary alicyclic amines) is 6. The van der Waals surface area contributed by atoms with E-state index in [1.165, 1.54) is 67.1 Å². The van der Waals surface area contributed by atoms with Crippen molar-refractivity contribution in [1.29, 1.82) is 0 Å². The van der Waals surface area contributed by atoms with Crippen LogP contribution < -0.4 is 28.3 Å². The number of rotatable bonds is 14. The Morgan fingerprint density at radius 1 is 0.491 bits per heavy atom. The summed E-state index contributed by atoms with van der Waals surface area (Å²) < 4.78 is 0.560. The van der Waals surface area contributed by atoms with E-state index in [-0.39, 0.29) is 134 Å². The van der Waals surface area contributed by atoms with Crippen molar-refractivity contribution in [2.24, 2.45) is 0 Å². The van der Waals surface area contributed by atoms with Gasteiger partial charge in [-0.25, -0.2) is 0 Å². The Hall–Kier alpha value is -7.69. The predicted octanol–water partition coefficient (Wildman–Crippen LogP) is 14.6. The van der Waals surface area contributed by atoms with Gasteiger partial charge in [-0.05, 0) is 316 Å². The average molecular weight is 1840 g/mol.